The second kappa shape index (κ2) is 4.68. The zero-order chi connectivity index (χ0) is 14.4. The molecule has 3 aromatic heterocycles. The number of fused-ring (bicyclic) bond motifs is 2. The molecule has 21 heavy (non-hydrogen) atoms. The van der Waals surface area contributed by atoms with Crippen molar-refractivity contribution in [3.05, 3.63) is 53.4 Å². The summed E-state index contributed by atoms with van der Waals surface area (Å²) in [5.74, 6) is 0. The van der Waals surface area contributed by atoms with E-state index in [0.717, 1.165) is 21.6 Å². The number of aliphatic hydroxyl groups excluding tert-OH is 1. The molecule has 0 amide bonds. The van der Waals surface area contributed by atoms with Crippen LogP contribution in [-0.2, 0) is 13.5 Å². The predicted octanol–water partition coefficient (Wildman–Crippen LogP) is 2.56. The number of aliphatic hydroxyl groups is 1. The van der Waals surface area contributed by atoms with Crippen LogP contribution in [0.25, 0.3) is 15.9 Å². The summed E-state index contributed by atoms with van der Waals surface area (Å²) in [7, 11) is 1.89. The first kappa shape index (κ1) is 12.6. The SMILES string of the molecule is Cn1nc(C(O)Cc2cn3ccsc3n2)c2ccccc21. The number of nitrogens with zero attached hydrogens (tertiary/aromatic N) is 4. The van der Waals surface area contributed by atoms with Gasteiger partial charge >= 0.3 is 0 Å². The number of benzene rings is 1. The minimum atomic E-state index is -0.652. The minimum Gasteiger partial charge on any atom is -0.386 e. The normalized spacial score (nSPS) is 13.2. The summed E-state index contributed by atoms with van der Waals surface area (Å²) in [6.07, 6.45) is 3.75. The zero-order valence-corrected chi connectivity index (χ0v) is 12.3. The Morgan fingerprint density at radius 3 is 3.05 bits per heavy atom. The van der Waals surface area contributed by atoms with Crippen molar-refractivity contribution < 1.29 is 5.11 Å². The molecule has 0 aliphatic carbocycles. The van der Waals surface area contributed by atoms with Crippen LogP contribution in [0.5, 0.6) is 0 Å². The van der Waals surface area contributed by atoms with E-state index in [-0.39, 0.29) is 0 Å². The number of imidazole rings is 1. The molecule has 0 aliphatic rings. The lowest BCUT2D eigenvalue weighted by Crippen LogP contribution is -2.04. The fourth-order valence-corrected chi connectivity index (χ4v) is 3.38. The van der Waals surface area contributed by atoms with Crippen LogP contribution in [0.2, 0.25) is 0 Å². The molecule has 4 rings (SSSR count). The molecule has 0 spiro atoms. The highest BCUT2D eigenvalue weighted by Gasteiger charge is 2.18. The molecule has 1 aromatic carbocycles. The van der Waals surface area contributed by atoms with Crippen LogP contribution in [0, 0.1) is 0 Å². The number of aromatic nitrogens is 4. The van der Waals surface area contributed by atoms with Crippen molar-refractivity contribution in [1.82, 2.24) is 19.2 Å². The predicted molar refractivity (Wildman–Crippen MR) is 82.4 cm³/mol. The van der Waals surface area contributed by atoms with Crippen molar-refractivity contribution in [3.8, 4) is 0 Å². The summed E-state index contributed by atoms with van der Waals surface area (Å²) in [5, 5.41) is 18.0. The lowest BCUT2D eigenvalue weighted by molar-refractivity contribution is 0.173. The highest BCUT2D eigenvalue weighted by atomic mass is 32.1. The summed E-state index contributed by atoms with van der Waals surface area (Å²) in [4.78, 5) is 5.46. The first-order chi connectivity index (χ1) is 10.2. The van der Waals surface area contributed by atoms with Crippen LogP contribution >= 0.6 is 11.3 Å². The van der Waals surface area contributed by atoms with E-state index in [0.29, 0.717) is 12.1 Å². The first-order valence-electron chi connectivity index (χ1n) is 6.73. The first-order valence-corrected chi connectivity index (χ1v) is 7.61. The van der Waals surface area contributed by atoms with E-state index in [1.54, 1.807) is 16.0 Å². The zero-order valence-electron chi connectivity index (χ0n) is 11.5. The third-order valence-electron chi connectivity index (χ3n) is 3.65. The maximum Gasteiger partial charge on any atom is 0.193 e. The average molecular weight is 298 g/mol. The number of hydrogen-bond acceptors (Lipinski definition) is 4. The van der Waals surface area contributed by atoms with Gasteiger partial charge in [0.2, 0.25) is 0 Å². The highest BCUT2D eigenvalue weighted by molar-refractivity contribution is 7.15. The van der Waals surface area contributed by atoms with E-state index in [9.17, 15) is 5.11 Å². The largest absolute Gasteiger partial charge is 0.386 e. The fourth-order valence-electron chi connectivity index (χ4n) is 2.66. The second-order valence-corrected chi connectivity index (χ2v) is 5.94. The van der Waals surface area contributed by atoms with E-state index in [2.05, 4.69) is 10.1 Å². The third kappa shape index (κ3) is 2.03. The summed E-state index contributed by atoms with van der Waals surface area (Å²) in [5.41, 5.74) is 2.62. The van der Waals surface area contributed by atoms with E-state index in [4.69, 9.17) is 0 Å². The number of para-hydroxylation sites is 1. The van der Waals surface area contributed by atoms with Gasteiger partial charge in [0.15, 0.2) is 4.96 Å². The van der Waals surface area contributed by atoms with Gasteiger partial charge in [-0.25, -0.2) is 4.98 Å². The highest BCUT2D eigenvalue weighted by Crippen LogP contribution is 2.25. The summed E-state index contributed by atoms with van der Waals surface area (Å²) >= 11 is 1.59. The Morgan fingerprint density at radius 1 is 1.33 bits per heavy atom. The molecule has 3 heterocycles. The Hall–Kier alpha value is -2.18. The average Bonchev–Trinajstić information content (AvgIpc) is 3.13. The fraction of sp³-hybridized carbons (Fsp3) is 0.200. The lowest BCUT2D eigenvalue weighted by atomic mass is 10.1. The van der Waals surface area contributed by atoms with E-state index in [1.165, 1.54) is 0 Å². The Balaban J connectivity index is 1.69. The van der Waals surface area contributed by atoms with E-state index >= 15 is 0 Å². The van der Waals surface area contributed by atoms with Crippen molar-refractivity contribution in [1.29, 1.82) is 0 Å². The molecule has 0 radical (unpaired) electrons. The van der Waals surface area contributed by atoms with Crippen molar-refractivity contribution in [2.24, 2.45) is 7.05 Å². The maximum absolute atomic E-state index is 10.5. The monoisotopic (exact) mass is 298 g/mol. The minimum absolute atomic E-state index is 0.468. The smallest absolute Gasteiger partial charge is 0.193 e. The molecule has 1 unspecified atom stereocenters. The van der Waals surface area contributed by atoms with E-state index in [1.807, 2.05) is 53.5 Å². The molecule has 0 aliphatic heterocycles. The molecule has 5 nitrogen and oxygen atoms in total. The van der Waals surface area contributed by atoms with Crippen molar-refractivity contribution in [2.45, 2.75) is 12.5 Å². The van der Waals surface area contributed by atoms with Crippen molar-refractivity contribution >= 4 is 27.2 Å². The van der Waals surface area contributed by atoms with Crippen LogP contribution in [0.1, 0.15) is 17.5 Å². The van der Waals surface area contributed by atoms with Gasteiger partial charge in [-0.2, -0.15) is 5.10 Å². The van der Waals surface area contributed by atoms with Gasteiger partial charge in [0.25, 0.3) is 0 Å². The number of hydrogen-bond donors (Lipinski definition) is 1. The molecule has 0 fully saturated rings. The number of rotatable bonds is 3. The summed E-state index contributed by atoms with van der Waals surface area (Å²) in [6.45, 7) is 0. The molecule has 4 aromatic rings. The molecule has 1 N–H and O–H groups in total. The standard InChI is InChI=1S/C15H14N4OS/c1-18-12-5-3-2-4-11(12)14(17-18)13(20)8-10-9-19-6-7-21-15(19)16-10/h2-7,9,13,20H,8H2,1H3. The Labute approximate surface area is 125 Å². The van der Waals surface area contributed by atoms with Crippen LogP contribution in [0.15, 0.2) is 42.0 Å². The molecule has 0 saturated heterocycles. The molecular weight excluding hydrogens is 284 g/mol. The number of aryl methyl sites for hydroxylation is 1. The molecule has 0 saturated carbocycles. The lowest BCUT2D eigenvalue weighted by Gasteiger charge is -2.05. The molecule has 6 heteroatoms. The van der Waals surface area contributed by atoms with Crippen LogP contribution in [-0.4, -0.2) is 24.3 Å². The van der Waals surface area contributed by atoms with Gasteiger partial charge in [-0.1, -0.05) is 18.2 Å². The van der Waals surface area contributed by atoms with Crippen LogP contribution < -0.4 is 0 Å². The summed E-state index contributed by atoms with van der Waals surface area (Å²) in [6, 6.07) is 7.94. The van der Waals surface area contributed by atoms with Gasteiger partial charge in [-0.15, -0.1) is 11.3 Å². The Bertz CT molecular complexity index is 892. The molecule has 106 valence electrons. The van der Waals surface area contributed by atoms with Crippen LogP contribution in [0.3, 0.4) is 0 Å². The van der Waals surface area contributed by atoms with Gasteiger partial charge in [-0.05, 0) is 6.07 Å². The third-order valence-corrected chi connectivity index (χ3v) is 4.42. The molecular formula is C15H14N4OS. The van der Waals surface area contributed by atoms with Gasteiger partial charge in [-0.3, -0.25) is 9.08 Å². The quantitative estimate of drug-likeness (QED) is 0.632. The number of thiazole rings is 1. The van der Waals surface area contributed by atoms with Gasteiger partial charge in [0.05, 0.1) is 16.9 Å². The van der Waals surface area contributed by atoms with E-state index < -0.39 is 6.10 Å². The topological polar surface area (TPSA) is 55.3 Å². The van der Waals surface area contributed by atoms with Gasteiger partial charge in [0.1, 0.15) is 6.10 Å². The van der Waals surface area contributed by atoms with Crippen molar-refractivity contribution in [2.75, 3.05) is 0 Å². The Morgan fingerprint density at radius 2 is 2.19 bits per heavy atom. The molecule has 1 atom stereocenters. The van der Waals surface area contributed by atoms with Gasteiger partial charge in [0, 0.05) is 36.6 Å². The van der Waals surface area contributed by atoms with Crippen LogP contribution in [0.4, 0.5) is 0 Å². The maximum atomic E-state index is 10.5. The van der Waals surface area contributed by atoms with Gasteiger partial charge < -0.3 is 5.11 Å². The Kier molecular flexibility index (Phi) is 2.80. The second-order valence-electron chi connectivity index (χ2n) is 5.07. The van der Waals surface area contributed by atoms with Crippen molar-refractivity contribution in [3.63, 3.8) is 0 Å². The molecule has 0 bridgehead atoms. The summed E-state index contributed by atoms with van der Waals surface area (Å²) < 4.78 is 3.78.